The molecule has 1 heterocycles. The van der Waals surface area contributed by atoms with Crippen LogP contribution in [0.3, 0.4) is 0 Å². The number of hydrogen-bond donors (Lipinski definition) is 5. The molecule has 37 heavy (non-hydrogen) atoms. The predicted octanol–water partition coefficient (Wildman–Crippen LogP) is 1.32. The van der Waals surface area contributed by atoms with E-state index in [1.807, 2.05) is 0 Å². The molecule has 0 aromatic heterocycles. The van der Waals surface area contributed by atoms with E-state index in [0.29, 0.717) is 23.6 Å². The van der Waals surface area contributed by atoms with Crippen molar-refractivity contribution in [2.24, 2.45) is 11.8 Å². The number of sulfonamides is 1. The Hall–Kier alpha value is -1.77. The molecule has 2 amide bonds. The van der Waals surface area contributed by atoms with E-state index in [1.165, 1.54) is 0 Å². The van der Waals surface area contributed by atoms with E-state index >= 15 is 0 Å². The van der Waals surface area contributed by atoms with Gasteiger partial charge in [-0.2, -0.15) is 8.42 Å². The van der Waals surface area contributed by atoms with Gasteiger partial charge in [-0.25, -0.2) is 13.1 Å². The highest BCUT2D eigenvalue weighted by Gasteiger charge is 2.38. The Bertz CT molecular complexity index is 1150. The Morgan fingerprint density at radius 2 is 1.70 bits per heavy atom. The van der Waals surface area contributed by atoms with Gasteiger partial charge < -0.3 is 15.7 Å². The molecule has 5 N–H and O–H groups in total. The average molecular weight is 580 g/mol. The minimum Gasteiger partial charge on any atom is -0.374 e. The van der Waals surface area contributed by atoms with Gasteiger partial charge in [0.05, 0.1) is 11.8 Å². The lowest BCUT2D eigenvalue weighted by Crippen LogP contribution is -2.55. The minimum absolute atomic E-state index is 0.0771. The van der Waals surface area contributed by atoms with Gasteiger partial charge in [-0.15, -0.1) is 0 Å². The fourth-order valence-electron chi connectivity index (χ4n) is 4.94. The average Bonchev–Trinajstić information content (AvgIpc) is 3.23. The van der Waals surface area contributed by atoms with Gasteiger partial charge in [0.1, 0.15) is 6.04 Å². The minimum atomic E-state index is -4.98. The van der Waals surface area contributed by atoms with Crippen LogP contribution in [-0.4, -0.2) is 62.4 Å². The molecule has 1 aliphatic carbocycles. The second kappa shape index (κ2) is 12.9. The summed E-state index contributed by atoms with van der Waals surface area (Å²) in [5, 5.41) is 15.7. The van der Waals surface area contributed by atoms with Crippen LogP contribution in [0.25, 0.3) is 0 Å². The molecule has 1 saturated carbocycles. The molecule has 11 nitrogen and oxygen atoms in total. The van der Waals surface area contributed by atoms with E-state index in [4.69, 9.17) is 11.6 Å². The first-order valence-corrected chi connectivity index (χ1v) is 15.8. The summed E-state index contributed by atoms with van der Waals surface area (Å²) in [6.07, 6.45) is 4.92. The number of carbonyl (C=O) groups excluding carboxylic acids is 2. The Kier molecular flexibility index (Phi) is 10.3. The fraction of sp³-hybridized carbons (Fsp3) is 0.652. The van der Waals surface area contributed by atoms with E-state index in [1.54, 1.807) is 24.3 Å². The summed E-state index contributed by atoms with van der Waals surface area (Å²) in [5.74, 6) is -2.20. The summed E-state index contributed by atoms with van der Waals surface area (Å²) in [5.41, 5.74) is -1.92. The number of hydrogen-bond acceptors (Lipinski definition) is 7. The third-order valence-corrected chi connectivity index (χ3v) is 9.43. The van der Waals surface area contributed by atoms with Crippen molar-refractivity contribution in [3.8, 4) is 0 Å². The molecule has 1 saturated heterocycles. The SMILES string of the molecule is O=C1NCC[C@H]1C[C@H](NC(=O)[C@H](CC1CCCCC1)NS(=O)(=O)Cc1ccc(Cl)cc1)C(O)S(=O)(=O)O. The number of aliphatic hydroxyl groups excluding tert-OH is 1. The van der Waals surface area contributed by atoms with Crippen molar-refractivity contribution >= 4 is 43.6 Å². The summed E-state index contributed by atoms with van der Waals surface area (Å²) >= 11 is 5.87. The maximum absolute atomic E-state index is 13.3. The molecule has 0 bridgehead atoms. The lowest BCUT2D eigenvalue weighted by atomic mass is 9.85. The zero-order valence-corrected chi connectivity index (χ0v) is 22.7. The van der Waals surface area contributed by atoms with Crippen molar-refractivity contribution in [3.05, 3.63) is 34.9 Å². The van der Waals surface area contributed by atoms with Crippen molar-refractivity contribution in [3.63, 3.8) is 0 Å². The number of aliphatic hydroxyl groups is 1. The van der Waals surface area contributed by atoms with Gasteiger partial charge in [0.25, 0.3) is 10.1 Å². The third-order valence-electron chi connectivity index (χ3n) is 6.88. The van der Waals surface area contributed by atoms with E-state index in [-0.39, 0.29) is 24.7 Å². The van der Waals surface area contributed by atoms with Gasteiger partial charge in [0.2, 0.25) is 27.3 Å². The van der Waals surface area contributed by atoms with Crippen LogP contribution in [0.15, 0.2) is 24.3 Å². The quantitative estimate of drug-likeness (QED) is 0.230. The highest BCUT2D eigenvalue weighted by atomic mass is 35.5. The molecule has 2 fully saturated rings. The number of rotatable bonds is 12. The van der Waals surface area contributed by atoms with Crippen molar-refractivity contribution in [2.45, 2.75) is 74.6 Å². The number of benzene rings is 1. The number of carbonyl (C=O) groups is 2. The number of nitrogens with one attached hydrogen (secondary N) is 3. The molecule has 4 atom stereocenters. The molecule has 208 valence electrons. The second-order valence-corrected chi connectivity index (χ2v) is 13.5. The van der Waals surface area contributed by atoms with Crippen LogP contribution < -0.4 is 15.4 Å². The molecule has 0 radical (unpaired) electrons. The van der Waals surface area contributed by atoms with Gasteiger partial charge in [0, 0.05) is 17.5 Å². The van der Waals surface area contributed by atoms with Crippen molar-refractivity contribution in [1.29, 1.82) is 0 Å². The Balaban J connectivity index is 1.80. The predicted molar refractivity (Wildman–Crippen MR) is 137 cm³/mol. The number of amides is 2. The largest absolute Gasteiger partial charge is 0.374 e. The lowest BCUT2D eigenvalue weighted by molar-refractivity contribution is -0.126. The Morgan fingerprint density at radius 1 is 1.05 bits per heavy atom. The lowest BCUT2D eigenvalue weighted by Gasteiger charge is -2.29. The first-order valence-electron chi connectivity index (χ1n) is 12.3. The maximum Gasteiger partial charge on any atom is 0.294 e. The zero-order valence-electron chi connectivity index (χ0n) is 20.3. The fourth-order valence-corrected chi connectivity index (χ4v) is 7.01. The van der Waals surface area contributed by atoms with Gasteiger partial charge in [0.15, 0.2) is 0 Å². The van der Waals surface area contributed by atoms with Crippen molar-refractivity contribution < 1.29 is 36.1 Å². The molecular weight excluding hydrogens is 546 g/mol. The highest BCUT2D eigenvalue weighted by molar-refractivity contribution is 7.88. The standard InChI is InChI=1S/C23H34ClN3O8S2/c24-18-8-6-16(7-9-18)14-36(31,32)27-19(12-15-4-2-1-3-5-15)22(29)26-20(23(30)37(33,34)35)13-17-10-11-25-21(17)28/h6-9,15,17,19-20,23,27,30H,1-5,10-14H2,(H,25,28)(H,26,29)(H,33,34,35)/t17-,19-,20-,23?/m0/s1. The molecule has 1 aromatic rings. The van der Waals surface area contributed by atoms with E-state index < -0.39 is 55.2 Å². The molecule has 1 unspecified atom stereocenters. The first-order chi connectivity index (χ1) is 17.3. The summed E-state index contributed by atoms with van der Waals surface area (Å²) in [6, 6.07) is 3.46. The third kappa shape index (κ3) is 9.18. The number of halogens is 1. The van der Waals surface area contributed by atoms with Crippen LogP contribution >= 0.6 is 11.6 Å². The summed E-state index contributed by atoms with van der Waals surface area (Å²) in [7, 11) is -8.99. The van der Waals surface area contributed by atoms with Gasteiger partial charge in [-0.1, -0.05) is 55.8 Å². The molecule has 1 aliphatic heterocycles. The van der Waals surface area contributed by atoms with Crippen LogP contribution in [0, 0.1) is 11.8 Å². The van der Waals surface area contributed by atoms with Gasteiger partial charge in [-0.05, 0) is 42.9 Å². The van der Waals surface area contributed by atoms with Crippen LogP contribution in [0.4, 0.5) is 0 Å². The summed E-state index contributed by atoms with van der Waals surface area (Å²) < 4.78 is 61.2. The molecule has 3 rings (SSSR count). The van der Waals surface area contributed by atoms with E-state index in [9.17, 15) is 36.1 Å². The van der Waals surface area contributed by atoms with Gasteiger partial charge >= 0.3 is 0 Å². The van der Waals surface area contributed by atoms with Crippen LogP contribution in [-0.2, 0) is 35.5 Å². The summed E-state index contributed by atoms with van der Waals surface area (Å²) in [4.78, 5) is 25.4. The monoisotopic (exact) mass is 579 g/mol. The molecule has 0 spiro atoms. The molecule has 2 aliphatic rings. The van der Waals surface area contributed by atoms with Crippen LogP contribution in [0.2, 0.25) is 5.02 Å². The molecular formula is C23H34ClN3O8S2. The van der Waals surface area contributed by atoms with Crippen LogP contribution in [0.1, 0.15) is 56.9 Å². The zero-order chi connectivity index (χ0) is 27.2. The van der Waals surface area contributed by atoms with Gasteiger partial charge in [-0.3, -0.25) is 14.1 Å². The van der Waals surface area contributed by atoms with Crippen molar-refractivity contribution in [2.75, 3.05) is 6.54 Å². The molecule has 14 heteroatoms. The van der Waals surface area contributed by atoms with E-state index in [2.05, 4.69) is 15.4 Å². The highest BCUT2D eigenvalue weighted by Crippen LogP contribution is 2.28. The first kappa shape index (κ1) is 29.8. The Morgan fingerprint density at radius 3 is 2.27 bits per heavy atom. The normalized spacial score (nSPS) is 21.7. The smallest absolute Gasteiger partial charge is 0.294 e. The second-order valence-electron chi connectivity index (χ2n) is 9.83. The maximum atomic E-state index is 13.3. The van der Waals surface area contributed by atoms with Crippen molar-refractivity contribution in [1.82, 2.24) is 15.4 Å². The summed E-state index contributed by atoms with van der Waals surface area (Å²) in [6.45, 7) is 0.362. The van der Waals surface area contributed by atoms with E-state index in [0.717, 1.165) is 32.1 Å². The molecule has 1 aromatic carbocycles. The Labute approximate surface area is 222 Å². The van der Waals surface area contributed by atoms with Crippen LogP contribution in [0.5, 0.6) is 0 Å². The topological polar surface area (TPSA) is 179 Å².